The standard InChI is InChI=1S/C12H19ClN2O/c1-7-5-11(16-4)9(6-10(7)13)12(15-3)8(2)14/h5-6,8,12,15H,14H2,1-4H3. The van der Waals surface area contributed by atoms with Gasteiger partial charge in [-0.1, -0.05) is 11.6 Å². The van der Waals surface area contributed by atoms with Crippen molar-refractivity contribution in [1.29, 1.82) is 0 Å². The molecule has 0 radical (unpaired) electrons. The molecule has 90 valence electrons. The maximum Gasteiger partial charge on any atom is 0.124 e. The second-order valence-electron chi connectivity index (χ2n) is 3.97. The van der Waals surface area contributed by atoms with Gasteiger partial charge < -0.3 is 15.8 Å². The van der Waals surface area contributed by atoms with Crippen LogP contribution in [-0.2, 0) is 0 Å². The molecule has 1 rings (SSSR count). The van der Waals surface area contributed by atoms with Gasteiger partial charge in [-0.2, -0.15) is 0 Å². The first-order valence-electron chi connectivity index (χ1n) is 5.28. The molecule has 0 saturated heterocycles. The zero-order valence-electron chi connectivity index (χ0n) is 10.2. The van der Waals surface area contributed by atoms with Gasteiger partial charge in [-0.25, -0.2) is 0 Å². The Bertz CT molecular complexity index is 366. The Balaban J connectivity index is 3.24. The molecule has 3 nitrogen and oxygen atoms in total. The minimum atomic E-state index is -0.0160. The lowest BCUT2D eigenvalue weighted by Gasteiger charge is -2.23. The smallest absolute Gasteiger partial charge is 0.124 e. The van der Waals surface area contributed by atoms with Crippen LogP contribution >= 0.6 is 11.6 Å². The van der Waals surface area contributed by atoms with Gasteiger partial charge in [0.25, 0.3) is 0 Å². The third-order valence-electron chi connectivity index (χ3n) is 2.68. The van der Waals surface area contributed by atoms with E-state index in [2.05, 4.69) is 5.32 Å². The number of likely N-dealkylation sites (N-methyl/N-ethyl adjacent to an activating group) is 1. The van der Waals surface area contributed by atoms with Crippen molar-refractivity contribution in [3.8, 4) is 5.75 Å². The van der Waals surface area contributed by atoms with Gasteiger partial charge in [0.2, 0.25) is 0 Å². The zero-order valence-corrected chi connectivity index (χ0v) is 10.9. The molecule has 0 bridgehead atoms. The number of ether oxygens (including phenoxy) is 1. The van der Waals surface area contributed by atoms with Gasteiger partial charge in [0, 0.05) is 16.6 Å². The number of hydrogen-bond donors (Lipinski definition) is 2. The van der Waals surface area contributed by atoms with E-state index in [1.165, 1.54) is 0 Å². The highest BCUT2D eigenvalue weighted by Gasteiger charge is 2.19. The SMILES string of the molecule is CNC(c1cc(Cl)c(C)cc1OC)C(C)N. The lowest BCUT2D eigenvalue weighted by molar-refractivity contribution is 0.394. The molecule has 0 amide bonds. The minimum absolute atomic E-state index is 0.0160. The second kappa shape index (κ2) is 5.53. The highest BCUT2D eigenvalue weighted by Crippen LogP contribution is 2.31. The third kappa shape index (κ3) is 2.67. The van der Waals surface area contributed by atoms with E-state index in [1.54, 1.807) is 7.11 Å². The monoisotopic (exact) mass is 242 g/mol. The van der Waals surface area contributed by atoms with E-state index in [0.29, 0.717) is 0 Å². The number of aryl methyl sites for hydroxylation is 1. The highest BCUT2D eigenvalue weighted by molar-refractivity contribution is 6.31. The molecule has 4 heteroatoms. The number of hydrogen-bond acceptors (Lipinski definition) is 3. The van der Waals surface area contributed by atoms with Gasteiger partial charge in [0.15, 0.2) is 0 Å². The molecule has 0 aliphatic rings. The molecule has 2 atom stereocenters. The molecular formula is C12H19ClN2O. The molecule has 1 aromatic rings. The van der Waals surface area contributed by atoms with Gasteiger partial charge in [0.05, 0.1) is 13.2 Å². The summed E-state index contributed by atoms with van der Waals surface area (Å²) in [5.74, 6) is 0.818. The lowest BCUT2D eigenvalue weighted by Crippen LogP contribution is -2.34. The van der Waals surface area contributed by atoms with Crippen LogP contribution in [0.5, 0.6) is 5.75 Å². The van der Waals surface area contributed by atoms with Crippen molar-refractivity contribution in [1.82, 2.24) is 5.32 Å². The lowest BCUT2D eigenvalue weighted by atomic mass is 9.99. The van der Waals surface area contributed by atoms with E-state index < -0.39 is 0 Å². The van der Waals surface area contributed by atoms with Gasteiger partial charge >= 0.3 is 0 Å². The number of nitrogens with one attached hydrogen (secondary N) is 1. The van der Waals surface area contributed by atoms with Crippen molar-refractivity contribution in [2.75, 3.05) is 14.2 Å². The number of nitrogens with two attached hydrogens (primary N) is 1. The molecule has 3 N–H and O–H groups in total. The Kier molecular flexibility index (Phi) is 4.59. The van der Waals surface area contributed by atoms with Crippen molar-refractivity contribution in [2.45, 2.75) is 25.9 Å². The van der Waals surface area contributed by atoms with E-state index in [4.69, 9.17) is 22.1 Å². The Labute approximate surface area is 102 Å². The highest BCUT2D eigenvalue weighted by atomic mass is 35.5. The average molecular weight is 243 g/mol. The average Bonchev–Trinajstić information content (AvgIpc) is 2.23. The normalized spacial score (nSPS) is 14.6. The van der Waals surface area contributed by atoms with E-state index in [9.17, 15) is 0 Å². The van der Waals surface area contributed by atoms with Crippen molar-refractivity contribution >= 4 is 11.6 Å². The minimum Gasteiger partial charge on any atom is -0.496 e. The predicted octanol–water partition coefficient (Wildman–Crippen LogP) is 2.26. The molecule has 0 aliphatic heterocycles. The van der Waals surface area contributed by atoms with E-state index >= 15 is 0 Å². The molecule has 16 heavy (non-hydrogen) atoms. The summed E-state index contributed by atoms with van der Waals surface area (Å²) in [6.45, 7) is 3.91. The van der Waals surface area contributed by atoms with Crippen LogP contribution in [0.2, 0.25) is 5.02 Å². The summed E-state index contributed by atoms with van der Waals surface area (Å²) in [4.78, 5) is 0. The summed E-state index contributed by atoms with van der Waals surface area (Å²) in [5.41, 5.74) is 7.93. The van der Waals surface area contributed by atoms with Crippen molar-refractivity contribution in [2.24, 2.45) is 5.73 Å². The Morgan fingerprint density at radius 3 is 2.50 bits per heavy atom. The van der Waals surface area contributed by atoms with E-state index in [-0.39, 0.29) is 12.1 Å². The topological polar surface area (TPSA) is 47.3 Å². The molecule has 1 aromatic carbocycles. The fourth-order valence-corrected chi connectivity index (χ4v) is 1.96. The maximum atomic E-state index is 6.12. The van der Waals surface area contributed by atoms with Crippen LogP contribution in [0.4, 0.5) is 0 Å². The Hall–Kier alpha value is -0.770. The number of halogens is 1. The first-order valence-corrected chi connectivity index (χ1v) is 5.66. The van der Waals surface area contributed by atoms with Crippen LogP contribution in [0, 0.1) is 6.92 Å². The van der Waals surface area contributed by atoms with Crippen molar-refractivity contribution in [3.63, 3.8) is 0 Å². The predicted molar refractivity (Wildman–Crippen MR) is 68.2 cm³/mol. The van der Waals surface area contributed by atoms with Crippen LogP contribution in [0.15, 0.2) is 12.1 Å². The largest absolute Gasteiger partial charge is 0.496 e. The summed E-state index contributed by atoms with van der Waals surface area (Å²) in [6, 6.07) is 3.87. The zero-order chi connectivity index (χ0) is 12.3. The first kappa shape index (κ1) is 13.3. The molecular weight excluding hydrogens is 224 g/mol. The molecule has 0 saturated carbocycles. The molecule has 0 heterocycles. The van der Waals surface area contributed by atoms with Gasteiger partial charge in [-0.15, -0.1) is 0 Å². The van der Waals surface area contributed by atoms with Gasteiger partial charge in [0.1, 0.15) is 5.75 Å². The van der Waals surface area contributed by atoms with Crippen LogP contribution in [0.25, 0.3) is 0 Å². The fraction of sp³-hybridized carbons (Fsp3) is 0.500. The number of methoxy groups -OCH3 is 1. The quantitative estimate of drug-likeness (QED) is 0.852. The van der Waals surface area contributed by atoms with Gasteiger partial charge in [-0.05, 0) is 38.6 Å². The molecule has 0 aliphatic carbocycles. The second-order valence-corrected chi connectivity index (χ2v) is 4.38. The summed E-state index contributed by atoms with van der Waals surface area (Å²) < 4.78 is 5.36. The Morgan fingerprint density at radius 2 is 2.06 bits per heavy atom. The van der Waals surface area contributed by atoms with Crippen LogP contribution in [0.3, 0.4) is 0 Å². The van der Waals surface area contributed by atoms with Gasteiger partial charge in [-0.3, -0.25) is 0 Å². The number of rotatable bonds is 4. The summed E-state index contributed by atoms with van der Waals surface area (Å²) in [7, 11) is 3.53. The summed E-state index contributed by atoms with van der Waals surface area (Å²) in [6.07, 6.45) is 0. The summed E-state index contributed by atoms with van der Waals surface area (Å²) >= 11 is 6.12. The Morgan fingerprint density at radius 1 is 1.44 bits per heavy atom. The first-order chi connectivity index (χ1) is 7.51. The van der Waals surface area contributed by atoms with E-state index in [0.717, 1.165) is 21.9 Å². The van der Waals surface area contributed by atoms with Crippen molar-refractivity contribution < 1.29 is 4.74 Å². The van der Waals surface area contributed by atoms with Crippen molar-refractivity contribution in [3.05, 3.63) is 28.3 Å². The summed E-state index contributed by atoms with van der Waals surface area (Å²) in [5, 5.41) is 3.91. The van der Waals surface area contributed by atoms with E-state index in [1.807, 2.05) is 33.0 Å². The molecule has 0 fully saturated rings. The van der Waals surface area contributed by atoms with Crippen LogP contribution < -0.4 is 15.8 Å². The van der Waals surface area contributed by atoms with Crippen LogP contribution in [0.1, 0.15) is 24.1 Å². The van der Waals surface area contributed by atoms with Crippen LogP contribution in [-0.4, -0.2) is 20.2 Å². The number of benzene rings is 1. The third-order valence-corrected chi connectivity index (χ3v) is 3.09. The molecule has 0 aromatic heterocycles. The maximum absolute atomic E-state index is 6.12. The molecule has 2 unspecified atom stereocenters. The fourth-order valence-electron chi connectivity index (χ4n) is 1.79. The molecule has 0 spiro atoms.